The van der Waals surface area contributed by atoms with Gasteiger partial charge in [-0.3, -0.25) is 4.79 Å². The van der Waals surface area contributed by atoms with Crippen molar-refractivity contribution in [3.63, 3.8) is 0 Å². The van der Waals surface area contributed by atoms with Crippen molar-refractivity contribution in [2.24, 2.45) is 46.2 Å². The topological polar surface area (TPSA) is 93.8 Å². The Morgan fingerprint density at radius 3 is 2.46 bits per heavy atom. The van der Waals surface area contributed by atoms with Gasteiger partial charge < -0.3 is 25.6 Å². The van der Waals surface area contributed by atoms with Crippen LogP contribution in [-0.2, 0) is 14.3 Å². The third-order valence-corrected chi connectivity index (χ3v) is 11.2. The molecule has 0 aliphatic heterocycles. The highest BCUT2D eigenvalue weighted by atomic mass is 35.5. The van der Waals surface area contributed by atoms with Crippen molar-refractivity contribution in [1.29, 1.82) is 0 Å². The number of ether oxygens (including phenoxy) is 2. The van der Waals surface area contributed by atoms with Crippen molar-refractivity contribution in [1.82, 2.24) is 5.32 Å². The van der Waals surface area contributed by atoms with E-state index in [1.54, 1.807) is 0 Å². The Kier molecular flexibility index (Phi) is 8.78. The molecular weight excluding hydrogens is 484 g/mol. The molecule has 4 aliphatic rings. The largest absolute Gasteiger partial charge is 0.469 e. The number of carbonyl (C=O) groups excluding carboxylic acids is 1. The molecule has 1 unspecified atom stereocenters. The smallest absolute Gasteiger partial charge is 0.309 e. The van der Waals surface area contributed by atoms with Crippen molar-refractivity contribution < 1.29 is 19.4 Å². The molecule has 0 heterocycles. The third-order valence-electron chi connectivity index (χ3n) is 11.0. The summed E-state index contributed by atoms with van der Waals surface area (Å²) in [6, 6.07) is -0.0747. The summed E-state index contributed by atoms with van der Waals surface area (Å²) in [7, 11) is 1.51. The minimum atomic E-state index is -0.280. The Morgan fingerprint density at radius 1 is 1.11 bits per heavy atom. The van der Waals surface area contributed by atoms with Crippen LogP contribution in [0.2, 0.25) is 0 Å². The van der Waals surface area contributed by atoms with Crippen molar-refractivity contribution >= 4 is 35.8 Å². The van der Waals surface area contributed by atoms with Gasteiger partial charge in [0.25, 0.3) is 5.17 Å². The van der Waals surface area contributed by atoms with Crippen LogP contribution < -0.4 is 11.1 Å². The minimum absolute atomic E-state index is 0. The standard InChI is InChI=1S/C27H46N2O4S.ClH/c1-16(2)22(15-30)29-24(34)33-18-8-11-25(3)17(14-18)6-7-20-19(25)9-12-26(4)21(23(31)32-5)10-13-27(20,26)28;/h16-22,30H,6-15,28H2,1-5H3,(H,29,34);1H/t17-,18+,19+,20-,21-,22?,25+,26-,27+;/m1./s1. The first kappa shape index (κ1) is 28.9. The summed E-state index contributed by atoms with van der Waals surface area (Å²) in [5.74, 6) is 1.83. The van der Waals surface area contributed by atoms with Crippen LogP contribution in [0.15, 0.2) is 0 Å². The Hall–Kier alpha value is -0.630. The molecule has 4 N–H and O–H groups in total. The van der Waals surface area contributed by atoms with E-state index in [2.05, 4.69) is 33.0 Å². The van der Waals surface area contributed by atoms with Gasteiger partial charge >= 0.3 is 5.97 Å². The monoisotopic (exact) mass is 530 g/mol. The van der Waals surface area contributed by atoms with Crippen LogP contribution in [0.25, 0.3) is 0 Å². The van der Waals surface area contributed by atoms with E-state index in [0.29, 0.717) is 22.9 Å². The first-order valence-electron chi connectivity index (χ1n) is 13.4. The van der Waals surface area contributed by atoms with Gasteiger partial charge in [0.15, 0.2) is 0 Å². The van der Waals surface area contributed by atoms with Gasteiger partial charge in [-0.1, -0.05) is 27.7 Å². The molecular formula is C27H47ClN2O4S. The second kappa shape index (κ2) is 10.6. The number of nitrogens with two attached hydrogens (primary N) is 1. The lowest BCUT2D eigenvalue weighted by Crippen LogP contribution is -2.66. The van der Waals surface area contributed by atoms with E-state index in [1.807, 2.05) is 0 Å². The average Bonchev–Trinajstić information content (AvgIpc) is 3.08. The molecule has 8 heteroatoms. The third kappa shape index (κ3) is 4.72. The highest BCUT2D eigenvalue weighted by molar-refractivity contribution is 7.80. The zero-order valence-corrected chi connectivity index (χ0v) is 23.8. The van der Waals surface area contributed by atoms with Gasteiger partial charge in [0, 0.05) is 5.54 Å². The van der Waals surface area contributed by atoms with Gasteiger partial charge in [-0.25, -0.2) is 0 Å². The van der Waals surface area contributed by atoms with Crippen LogP contribution in [0, 0.1) is 40.4 Å². The summed E-state index contributed by atoms with van der Waals surface area (Å²) in [6.45, 7) is 8.95. The maximum atomic E-state index is 12.6. The second-order valence-corrected chi connectivity index (χ2v) is 13.0. The van der Waals surface area contributed by atoms with Gasteiger partial charge in [0.05, 0.1) is 25.7 Å². The van der Waals surface area contributed by atoms with E-state index in [9.17, 15) is 9.90 Å². The predicted octanol–water partition coefficient (Wildman–Crippen LogP) is 4.60. The number of fused-ring (bicyclic) bond motifs is 5. The fraction of sp³-hybridized carbons (Fsp3) is 0.926. The molecule has 202 valence electrons. The summed E-state index contributed by atoms with van der Waals surface area (Å²) in [5.41, 5.74) is 7.14. The Bertz CT molecular complexity index is 799. The van der Waals surface area contributed by atoms with Gasteiger partial charge in [0.1, 0.15) is 6.10 Å². The molecule has 0 radical (unpaired) electrons. The molecule has 0 aromatic carbocycles. The number of hydrogen-bond acceptors (Lipinski definition) is 6. The van der Waals surface area contributed by atoms with Crippen molar-refractivity contribution in [2.45, 2.75) is 103 Å². The number of halogens is 1. The molecule has 35 heavy (non-hydrogen) atoms. The maximum absolute atomic E-state index is 12.6. The summed E-state index contributed by atoms with van der Waals surface area (Å²) in [4.78, 5) is 12.6. The van der Waals surface area contributed by atoms with Gasteiger partial charge in [-0.15, -0.1) is 12.4 Å². The van der Waals surface area contributed by atoms with Crippen LogP contribution in [0.5, 0.6) is 0 Å². The first-order chi connectivity index (χ1) is 16.0. The van der Waals surface area contributed by atoms with Crippen LogP contribution >= 0.6 is 24.6 Å². The first-order valence-corrected chi connectivity index (χ1v) is 13.9. The zero-order chi connectivity index (χ0) is 24.9. The van der Waals surface area contributed by atoms with E-state index in [1.165, 1.54) is 13.5 Å². The van der Waals surface area contributed by atoms with Gasteiger partial charge in [-0.05, 0) is 105 Å². The summed E-state index contributed by atoms with van der Waals surface area (Å²) < 4.78 is 11.4. The average molecular weight is 531 g/mol. The maximum Gasteiger partial charge on any atom is 0.309 e. The molecule has 0 spiro atoms. The van der Waals surface area contributed by atoms with Crippen LogP contribution in [0.1, 0.15) is 85.5 Å². The molecule has 0 saturated heterocycles. The molecule has 0 amide bonds. The van der Waals surface area contributed by atoms with E-state index >= 15 is 0 Å². The number of esters is 1. The highest BCUT2D eigenvalue weighted by Crippen LogP contribution is 2.68. The van der Waals surface area contributed by atoms with Gasteiger partial charge in [-0.2, -0.15) is 0 Å². The molecule has 6 nitrogen and oxygen atoms in total. The number of rotatable bonds is 5. The SMILES string of the molecule is COC(=O)[C@H]1CC[C@]2(N)[C@@H]3CC[C@@H]4C[C@@H](OC(=S)NC(CO)C(C)C)CC[C@]4(C)[C@H]3CC[C@]12C.Cl. The second-order valence-electron chi connectivity index (χ2n) is 12.6. The van der Waals surface area contributed by atoms with Crippen molar-refractivity contribution in [3.05, 3.63) is 0 Å². The number of nitrogens with one attached hydrogen (secondary N) is 1. The summed E-state index contributed by atoms with van der Waals surface area (Å²) in [5, 5.41) is 13.2. The fourth-order valence-corrected chi connectivity index (χ4v) is 8.96. The Balaban J connectivity index is 0.00000342. The lowest BCUT2D eigenvalue weighted by Gasteiger charge is -2.64. The lowest BCUT2D eigenvalue weighted by atomic mass is 9.42. The van der Waals surface area contributed by atoms with E-state index in [0.717, 1.165) is 51.4 Å². The fourth-order valence-electron chi connectivity index (χ4n) is 8.68. The van der Waals surface area contributed by atoms with Gasteiger partial charge in [0.2, 0.25) is 0 Å². The molecule has 0 aromatic rings. The molecule has 0 aromatic heterocycles. The van der Waals surface area contributed by atoms with Crippen molar-refractivity contribution in [3.8, 4) is 0 Å². The number of thiocarbonyl (C=S) groups is 1. The Morgan fingerprint density at radius 2 is 1.83 bits per heavy atom. The Labute approximate surface area is 223 Å². The summed E-state index contributed by atoms with van der Waals surface area (Å²) >= 11 is 5.48. The predicted molar refractivity (Wildman–Crippen MR) is 144 cm³/mol. The van der Waals surface area contributed by atoms with E-state index in [-0.39, 0.29) is 65.3 Å². The number of methoxy groups -OCH3 is 1. The lowest BCUT2D eigenvalue weighted by molar-refractivity contribution is -0.160. The molecule has 4 rings (SSSR count). The zero-order valence-electron chi connectivity index (χ0n) is 22.2. The number of carbonyl (C=O) groups is 1. The van der Waals surface area contributed by atoms with Crippen LogP contribution in [0.4, 0.5) is 0 Å². The molecule has 4 aliphatic carbocycles. The minimum Gasteiger partial charge on any atom is -0.469 e. The quantitative estimate of drug-likeness (QED) is 0.353. The van der Waals surface area contributed by atoms with Crippen LogP contribution in [-0.4, -0.2) is 47.7 Å². The van der Waals surface area contributed by atoms with E-state index < -0.39 is 0 Å². The molecule has 9 atom stereocenters. The molecule has 4 fully saturated rings. The van der Waals surface area contributed by atoms with E-state index in [4.69, 9.17) is 27.4 Å². The number of aliphatic hydroxyl groups excluding tert-OH is 1. The normalized spacial score (nSPS) is 43.1. The van der Waals surface area contributed by atoms with Crippen LogP contribution in [0.3, 0.4) is 0 Å². The summed E-state index contributed by atoms with van der Waals surface area (Å²) in [6.07, 6.45) is 9.56. The molecule has 0 bridgehead atoms. The number of hydrogen-bond donors (Lipinski definition) is 3. The number of aliphatic hydroxyl groups is 1. The molecule has 4 saturated carbocycles. The highest BCUT2D eigenvalue weighted by Gasteiger charge is 2.67. The van der Waals surface area contributed by atoms with Crippen molar-refractivity contribution in [2.75, 3.05) is 13.7 Å².